The topological polar surface area (TPSA) is 101 Å². The fourth-order valence-corrected chi connectivity index (χ4v) is 5.36. The molecule has 3 rings (SSSR count). The van der Waals surface area contributed by atoms with Crippen LogP contribution in [0.3, 0.4) is 0 Å². The summed E-state index contributed by atoms with van der Waals surface area (Å²) in [7, 11) is -3.44. The van der Waals surface area contributed by atoms with Crippen molar-refractivity contribution in [2.45, 2.75) is 62.5 Å². The number of nitrogens with zero attached hydrogens (tertiary/aromatic N) is 2. The maximum atomic E-state index is 13.2. The van der Waals surface area contributed by atoms with Crippen molar-refractivity contribution in [2.75, 3.05) is 11.6 Å². The summed E-state index contributed by atoms with van der Waals surface area (Å²) in [5, 5.41) is 16.8. The van der Waals surface area contributed by atoms with Gasteiger partial charge < -0.3 is 10.4 Å². The molecule has 164 valence electrons. The quantitative estimate of drug-likeness (QED) is 0.635. The molecule has 2 aromatic rings. The Hall–Kier alpha value is -1.90. The van der Waals surface area contributed by atoms with Gasteiger partial charge in [-0.2, -0.15) is 5.10 Å². The fourth-order valence-electron chi connectivity index (χ4n) is 4.02. The van der Waals surface area contributed by atoms with Crippen molar-refractivity contribution in [3.63, 3.8) is 0 Å². The molecule has 1 aliphatic rings. The lowest BCUT2D eigenvalue weighted by Gasteiger charge is -2.21. The number of halogens is 1. The maximum absolute atomic E-state index is 13.2. The highest BCUT2D eigenvalue weighted by atomic mass is 35.5. The number of hydrogen-bond acceptors (Lipinski definition) is 5. The third-order valence-corrected chi connectivity index (χ3v) is 7.04. The molecule has 1 heterocycles. The third-order valence-electron chi connectivity index (χ3n) is 5.46. The molecule has 0 spiro atoms. The average molecular weight is 454 g/mol. The minimum Gasteiger partial charge on any atom is -0.391 e. The minimum absolute atomic E-state index is 0.0600. The van der Waals surface area contributed by atoms with Crippen LogP contribution in [0.5, 0.6) is 0 Å². The standard InChI is InChI=1S/C21H28ClN3O4S/c1-14(26)13-25-10-9-20(24-25)23-21(27)17(11-15-5-3-4-6-15)16-7-8-19(18(22)12-16)30(2,28)29/h7-10,12,14-15,17,26H,3-6,11,13H2,1-2H3,(H,23,24,27)/t14?,17-/m1/s1. The van der Waals surface area contributed by atoms with E-state index in [0.717, 1.165) is 31.9 Å². The Morgan fingerprint density at radius 2 is 2.03 bits per heavy atom. The van der Waals surface area contributed by atoms with E-state index in [2.05, 4.69) is 10.4 Å². The van der Waals surface area contributed by atoms with Crippen LogP contribution in [-0.2, 0) is 21.2 Å². The van der Waals surface area contributed by atoms with Crippen molar-refractivity contribution >= 4 is 33.2 Å². The number of aliphatic hydroxyl groups excluding tert-OH is 1. The molecule has 1 aliphatic carbocycles. The summed E-state index contributed by atoms with van der Waals surface area (Å²) in [4.78, 5) is 13.2. The van der Waals surface area contributed by atoms with Crippen LogP contribution in [0, 0.1) is 5.92 Å². The maximum Gasteiger partial charge on any atom is 0.233 e. The van der Waals surface area contributed by atoms with E-state index in [1.165, 1.54) is 6.07 Å². The van der Waals surface area contributed by atoms with E-state index in [-0.39, 0.29) is 15.8 Å². The molecule has 9 heteroatoms. The van der Waals surface area contributed by atoms with Crippen LogP contribution >= 0.6 is 11.6 Å². The molecular formula is C21H28ClN3O4S. The van der Waals surface area contributed by atoms with E-state index < -0.39 is 21.9 Å². The van der Waals surface area contributed by atoms with E-state index in [1.807, 2.05) is 0 Å². The summed E-state index contributed by atoms with van der Waals surface area (Å²) < 4.78 is 25.3. The zero-order chi connectivity index (χ0) is 21.9. The molecule has 0 saturated heterocycles. The number of carbonyl (C=O) groups is 1. The lowest BCUT2D eigenvalue weighted by Crippen LogP contribution is -2.24. The number of rotatable bonds is 8. The van der Waals surface area contributed by atoms with Gasteiger partial charge in [0.25, 0.3) is 0 Å². The van der Waals surface area contributed by atoms with Crippen molar-refractivity contribution in [1.82, 2.24) is 9.78 Å². The monoisotopic (exact) mass is 453 g/mol. The van der Waals surface area contributed by atoms with Crippen molar-refractivity contribution in [2.24, 2.45) is 5.92 Å². The summed E-state index contributed by atoms with van der Waals surface area (Å²) in [6.07, 6.45) is 7.44. The second-order valence-corrected chi connectivity index (χ2v) is 10.6. The number of benzene rings is 1. The molecule has 2 N–H and O–H groups in total. The molecule has 1 unspecified atom stereocenters. The molecule has 0 aliphatic heterocycles. The van der Waals surface area contributed by atoms with Gasteiger partial charge in [0.05, 0.1) is 28.5 Å². The second kappa shape index (κ2) is 9.49. The molecular weight excluding hydrogens is 426 g/mol. The van der Waals surface area contributed by atoms with Crippen molar-refractivity contribution in [3.8, 4) is 0 Å². The zero-order valence-electron chi connectivity index (χ0n) is 17.2. The van der Waals surface area contributed by atoms with E-state index in [0.29, 0.717) is 30.3 Å². The Morgan fingerprint density at radius 1 is 1.33 bits per heavy atom. The van der Waals surface area contributed by atoms with Crippen LogP contribution in [0.1, 0.15) is 50.5 Å². The van der Waals surface area contributed by atoms with Gasteiger partial charge in [-0.1, -0.05) is 43.4 Å². The van der Waals surface area contributed by atoms with E-state index in [4.69, 9.17) is 11.6 Å². The second-order valence-electron chi connectivity index (χ2n) is 8.16. The highest BCUT2D eigenvalue weighted by Crippen LogP contribution is 2.36. The Kier molecular flexibility index (Phi) is 7.21. The van der Waals surface area contributed by atoms with Crippen molar-refractivity contribution in [1.29, 1.82) is 0 Å². The molecule has 1 aromatic heterocycles. The molecule has 0 bridgehead atoms. The van der Waals surface area contributed by atoms with E-state index in [1.54, 1.807) is 36.0 Å². The van der Waals surface area contributed by atoms with Crippen LogP contribution in [0.4, 0.5) is 5.82 Å². The van der Waals surface area contributed by atoms with Crippen LogP contribution in [0.2, 0.25) is 5.02 Å². The first-order valence-electron chi connectivity index (χ1n) is 10.2. The number of amides is 1. The summed E-state index contributed by atoms with van der Waals surface area (Å²) in [6.45, 7) is 2.01. The normalized spacial score (nSPS) is 17.1. The summed E-state index contributed by atoms with van der Waals surface area (Å²) >= 11 is 6.24. The minimum atomic E-state index is -3.44. The highest BCUT2D eigenvalue weighted by Gasteiger charge is 2.28. The van der Waals surface area contributed by atoms with Crippen molar-refractivity contribution < 1.29 is 18.3 Å². The van der Waals surface area contributed by atoms with Gasteiger partial charge >= 0.3 is 0 Å². The molecule has 1 amide bonds. The van der Waals surface area contributed by atoms with Gasteiger partial charge in [-0.25, -0.2) is 8.42 Å². The summed E-state index contributed by atoms with van der Waals surface area (Å²) in [5.74, 6) is 0.200. The predicted molar refractivity (Wildman–Crippen MR) is 116 cm³/mol. The number of nitrogens with one attached hydrogen (secondary N) is 1. The van der Waals surface area contributed by atoms with Gasteiger partial charge in [0.2, 0.25) is 5.91 Å². The molecule has 2 atom stereocenters. The van der Waals surface area contributed by atoms with Crippen LogP contribution in [-0.4, -0.2) is 41.6 Å². The van der Waals surface area contributed by atoms with Gasteiger partial charge in [0, 0.05) is 18.5 Å². The van der Waals surface area contributed by atoms with Crippen LogP contribution < -0.4 is 5.32 Å². The lowest BCUT2D eigenvalue weighted by atomic mass is 9.87. The molecule has 30 heavy (non-hydrogen) atoms. The van der Waals surface area contributed by atoms with Gasteiger partial charge in [-0.05, 0) is 37.0 Å². The molecule has 1 aromatic carbocycles. The molecule has 1 saturated carbocycles. The summed E-state index contributed by atoms with van der Waals surface area (Å²) in [6, 6.07) is 6.42. The van der Waals surface area contributed by atoms with Crippen molar-refractivity contribution in [3.05, 3.63) is 41.0 Å². The summed E-state index contributed by atoms with van der Waals surface area (Å²) in [5.41, 5.74) is 0.695. The average Bonchev–Trinajstić information content (AvgIpc) is 3.30. The number of carbonyl (C=O) groups excluding carboxylic acids is 1. The Labute approximate surface area is 182 Å². The molecule has 7 nitrogen and oxygen atoms in total. The Balaban J connectivity index is 1.84. The highest BCUT2D eigenvalue weighted by molar-refractivity contribution is 7.90. The first kappa shape index (κ1) is 22.8. The van der Waals surface area contributed by atoms with E-state index in [9.17, 15) is 18.3 Å². The largest absolute Gasteiger partial charge is 0.391 e. The van der Waals surface area contributed by atoms with Gasteiger partial charge in [-0.3, -0.25) is 9.48 Å². The van der Waals surface area contributed by atoms with Gasteiger partial charge in [0.1, 0.15) is 0 Å². The Bertz CT molecular complexity index is 997. The molecule has 1 fully saturated rings. The number of hydrogen-bond donors (Lipinski definition) is 2. The number of aromatic nitrogens is 2. The van der Waals surface area contributed by atoms with Gasteiger partial charge in [0.15, 0.2) is 15.7 Å². The third kappa shape index (κ3) is 5.83. The predicted octanol–water partition coefficient (Wildman–Crippen LogP) is 3.62. The van der Waals surface area contributed by atoms with E-state index >= 15 is 0 Å². The number of anilines is 1. The van der Waals surface area contributed by atoms with Gasteiger partial charge in [-0.15, -0.1) is 0 Å². The zero-order valence-corrected chi connectivity index (χ0v) is 18.8. The smallest absolute Gasteiger partial charge is 0.233 e. The molecule has 0 radical (unpaired) electrons. The van der Waals surface area contributed by atoms with Crippen LogP contribution in [0.15, 0.2) is 35.4 Å². The first-order valence-corrected chi connectivity index (χ1v) is 12.4. The lowest BCUT2D eigenvalue weighted by molar-refractivity contribution is -0.118. The number of sulfone groups is 1. The first-order chi connectivity index (χ1) is 14.1. The Morgan fingerprint density at radius 3 is 2.63 bits per heavy atom. The fraction of sp³-hybridized carbons (Fsp3) is 0.524. The van der Waals surface area contributed by atoms with Crippen LogP contribution in [0.25, 0.3) is 0 Å². The number of aliphatic hydroxyl groups is 1. The SMILES string of the molecule is CC(O)Cn1ccc(NC(=O)[C@H](CC2CCCC2)c2ccc(S(C)(=O)=O)c(Cl)c2)n1.